The molecule has 0 heterocycles. The summed E-state index contributed by atoms with van der Waals surface area (Å²) < 4.78 is 10.3. The summed E-state index contributed by atoms with van der Waals surface area (Å²) in [7, 11) is 1.59. The Morgan fingerprint density at radius 2 is 1.73 bits per heavy atom. The molecule has 0 unspecified atom stereocenters. The van der Waals surface area contributed by atoms with Crippen LogP contribution in [-0.4, -0.2) is 36.4 Å². The molecule has 7 nitrogen and oxygen atoms in total. The van der Waals surface area contributed by atoms with E-state index in [4.69, 9.17) is 14.6 Å². The molecule has 0 radical (unpaired) electrons. The number of hydrogen-bond acceptors (Lipinski definition) is 5. The zero-order chi connectivity index (χ0) is 18.9. The molecule has 136 valence electrons. The van der Waals surface area contributed by atoms with Crippen molar-refractivity contribution in [3.05, 3.63) is 59.7 Å². The van der Waals surface area contributed by atoms with Crippen LogP contribution in [0.3, 0.4) is 0 Å². The average Bonchev–Trinajstić information content (AvgIpc) is 2.63. The number of hydrazone groups is 1. The third kappa shape index (κ3) is 5.94. The Morgan fingerprint density at radius 3 is 2.31 bits per heavy atom. The minimum absolute atomic E-state index is 0.210. The van der Waals surface area contributed by atoms with E-state index in [1.807, 2.05) is 12.1 Å². The molecule has 2 aromatic carbocycles. The van der Waals surface area contributed by atoms with Gasteiger partial charge in [0.1, 0.15) is 11.5 Å². The number of ether oxygens (including phenoxy) is 2. The van der Waals surface area contributed by atoms with Crippen molar-refractivity contribution in [2.24, 2.45) is 5.10 Å². The lowest BCUT2D eigenvalue weighted by Gasteiger charge is -2.09. The second-order valence-electron chi connectivity index (χ2n) is 5.49. The Hall–Kier alpha value is -3.35. The maximum absolute atomic E-state index is 11.9. The Morgan fingerprint density at radius 1 is 1.12 bits per heavy atom. The van der Waals surface area contributed by atoms with Crippen LogP contribution >= 0.6 is 0 Å². The summed E-state index contributed by atoms with van der Waals surface area (Å²) >= 11 is 0. The van der Waals surface area contributed by atoms with Gasteiger partial charge >= 0.3 is 5.97 Å². The fourth-order valence-corrected chi connectivity index (χ4v) is 2.03. The van der Waals surface area contributed by atoms with Gasteiger partial charge < -0.3 is 14.6 Å². The molecule has 0 aliphatic rings. The Kier molecular flexibility index (Phi) is 6.73. The summed E-state index contributed by atoms with van der Waals surface area (Å²) in [6.45, 7) is 1.45. The minimum Gasteiger partial charge on any atom is -0.497 e. The number of amides is 1. The number of aliphatic carboxylic acids is 1. The van der Waals surface area contributed by atoms with Crippen molar-refractivity contribution in [2.45, 2.75) is 19.4 Å². The number of hydrogen-bond donors (Lipinski definition) is 2. The van der Waals surface area contributed by atoms with Gasteiger partial charge in [-0.25, -0.2) is 10.2 Å². The number of rotatable bonds is 8. The third-order valence-electron chi connectivity index (χ3n) is 3.47. The van der Waals surface area contributed by atoms with Crippen LogP contribution in [0.2, 0.25) is 0 Å². The molecule has 26 heavy (non-hydrogen) atoms. The lowest BCUT2D eigenvalue weighted by atomic mass is 10.1. The van der Waals surface area contributed by atoms with Crippen LogP contribution in [0, 0.1) is 0 Å². The topological polar surface area (TPSA) is 97.2 Å². The molecular formula is C19H20N2O5. The molecule has 1 atom stereocenters. The van der Waals surface area contributed by atoms with Gasteiger partial charge in [0.25, 0.3) is 0 Å². The first-order chi connectivity index (χ1) is 12.5. The average molecular weight is 356 g/mol. The van der Waals surface area contributed by atoms with E-state index in [0.717, 1.165) is 16.9 Å². The van der Waals surface area contributed by atoms with E-state index in [2.05, 4.69) is 10.5 Å². The second kappa shape index (κ2) is 9.22. The highest BCUT2D eigenvalue weighted by Crippen LogP contribution is 2.13. The summed E-state index contributed by atoms with van der Waals surface area (Å²) in [6, 6.07) is 13.9. The molecule has 0 aromatic heterocycles. The van der Waals surface area contributed by atoms with Crippen molar-refractivity contribution in [3.8, 4) is 11.5 Å². The van der Waals surface area contributed by atoms with Crippen LogP contribution in [0.1, 0.15) is 18.1 Å². The zero-order valence-corrected chi connectivity index (χ0v) is 14.5. The summed E-state index contributed by atoms with van der Waals surface area (Å²) in [5.41, 5.74) is 4.06. The van der Waals surface area contributed by atoms with E-state index in [-0.39, 0.29) is 12.3 Å². The van der Waals surface area contributed by atoms with E-state index in [9.17, 15) is 9.59 Å². The van der Waals surface area contributed by atoms with Crippen molar-refractivity contribution < 1.29 is 24.2 Å². The molecule has 1 amide bonds. The molecule has 7 heteroatoms. The quantitative estimate of drug-likeness (QED) is 0.558. The van der Waals surface area contributed by atoms with E-state index in [0.29, 0.717) is 5.75 Å². The summed E-state index contributed by atoms with van der Waals surface area (Å²) in [5.74, 6) is -0.0881. The molecule has 0 spiro atoms. The first kappa shape index (κ1) is 19.0. The van der Waals surface area contributed by atoms with Gasteiger partial charge in [-0.2, -0.15) is 5.10 Å². The van der Waals surface area contributed by atoms with Crippen molar-refractivity contribution in [1.82, 2.24) is 5.43 Å². The maximum atomic E-state index is 11.9. The Labute approximate surface area is 151 Å². The smallest absolute Gasteiger partial charge is 0.344 e. The largest absolute Gasteiger partial charge is 0.497 e. The molecule has 0 saturated heterocycles. The van der Waals surface area contributed by atoms with Crippen LogP contribution in [0.25, 0.3) is 0 Å². The zero-order valence-electron chi connectivity index (χ0n) is 14.5. The molecule has 2 aromatic rings. The molecule has 2 rings (SSSR count). The van der Waals surface area contributed by atoms with Gasteiger partial charge in [0.15, 0.2) is 6.10 Å². The number of carbonyl (C=O) groups excluding carboxylic acids is 1. The normalized spacial score (nSPS) is 11.8. The lowest BCUT2D eigenvalue weighted by Crippen LogP contribution is -2.22. The highest BCUT2D eigenvalue weighted by molar-refractivity contribution is 5.83. The highest BCUT2D eigenvalue weighted by atomic mass is 16.5. The first-order valence-electron chi connectivity index (χ1n) is 7.92. The van der Waals surface area contributed by atoms with E-state index in [1.54, 1.807) is 43.5 Å². The highest BCUT2D eigenvalue weighted by Gasteiger charge is 2.11. The number of carbonyl (C=O) groups is 2. The van der Waals surface area contributed by atoms with E-state index >= 15 is 0 Å². The number of benzene rings is 2. The fraction of sp³-hybridized carbons (Fsp3) is 0.211. The Balaban J connectivity index is 1.83. The number of nitrogens with zero attached hydrogens (tertiary/aromatic N) is 1. The standard InChI is InChI=1S/C19H20N2O5/c1-13(19(23)24)26-17-9-5-15(6-10-17)12-20-21-18(22)11-14-3-7-16(25-2)8-4-14/h3-10,12-13H,11H2,1-2H3,(H,21,22)(H,23,24)/b20-12-/t13-/m0/s1. The molecule has 0 bridgehead atoms. The number of nitrogens with one attached hydrogen (secondary N) is 1. The number of carboxylic acids is 1. The van der Waals surface area contributed by atoms with Crippen molar-refractivity contribution >= 4 is 18.1 Å². The van der Waals surface area contributed by atoms with Gasteiger partial charge in [0, 0.05) is 0 Å². The van der Waals surface area contributed by atoms with Crippen LogP contribution in [0.15, 0.2) is 53.6 Å². The third-order valence-corrected chi connectivity index (χ3v) is 3.47. The van der Waals surface area contributed by atoms with Gasteiger partial charge in [-0.05, 0) is 54.4 Å². The van der Waals surface area contributed by atoms with Gasteiger partial charge in [0.2, 0.25) is 5.91 Å². The molecular weight excluding hydrogens is 336 g/mol. The van der Waals surface area contributed by atoms with Gasteiger partial charge in [0.05, 0.1) is 19.7 Å². The predicted molar refractivity (Wildman–Crippen MR) is 96.6 cm³/mol. The van der Waals surface area contributed by atoms with Crippen molar-refractivity contribution in [1.29, 1.82) is 0 Å². The first-order valence-corrected chi connectivity index (χ1v) is 7.92. The van der Waals surface area contributed by atoms with Crippen LogP contribution in [0.4, 0.5) is 0 Å². The van der Waals surface area contributed by atoms with Crippen LogP contribution in [0.5, 0.6) is 11.5 Å². The molecule has 2 N–H and O–H groups in total. The van der Waals surface area contributed by atoms with Crippen molar-refractivity contribution in [2.75, 3.05) is 7.11 Å². The Bertz CT molecular complexity index is 770. The number of methoxy groups -OCH3 is 1. The fourth-order valence-electron chi connectivity index (χ4n) is 2.03. The number of carboxylic acid groups (broad SMARTS) is 1. The molecule has 0 saturated carbocycles. The van der Waals surface area contributed by atoms with Crippen LogP contribution in [-0.2, 0) is 16.0 Å². The van der Waals surface area contributed by atoms with Gasteiger partial charge in [-0.15, -0.1) is 0 Å². The molecule has 0 aliphatic carbocycles. The molecule has 0 aliphatic heterocycles. The van der Waals surface area contributed by atoms with Crippen molar-refractivity contribution in [3.63, 3.8) is 0 Å². The summed E-state index contributed by atoms with van der Waals surface area (Å²) in [6.07, 6.45) is 0.782. The lowest BCUT2D eigenvalue weighted by molar-refractivity contribution is -0.144. The molecule has 0 fully saturated rings. The van der Waals surface area contributed by atoms with Gasteiger partial charge in [-0.3, -0.25) is 4.79 Å². The minimum atomic E-state index is -1.03. The van der Waals surface area contributed by atoms with Crippen LogP contribution < -0.4 is 14.9 Å². The monoisotopic (exact) mass is 356 g/mol. The second-order valence-corrected chi connectivity index (χ2v) is 5.49. The van der Waals surface area contributed by atoms with E-state index in [1.165, 1.54) is 13.1 Å². The maximum Gasteiger partial charge on any atom is 0.344 e. The summed E-state index contributed by atoms with van der Waals surface area (Å²) in [4.78, 5) is 22.6. The summed E-state index contributed by atoms with van der Waals surface area (Å²) in [5, 5.41) is 12.7. The van der Waals surface area contributed by atoms with E-state index < -0.39 is 12.1 Å². The van der Waals surface area contributed by atoms with Gasteiger partial charge in [-0.1, -0.05) is 12.1 Å². The predicted octanol–water partition coefficient (Wildman–Crippen LogP) is 2.24. The SMILES string of the molecule is COc1ccc(CC(=O)N/N=C\c2ccc(O[C@@H](C)C(=O)O)cc2)cc1.